The highest BCUT2D eigenvalue weighted by atomic mass is 15.3. The number of nitriles is 1. The van der Waals surface area contributed by atoms with Crippen molar-refractivity contribution in [1.82, 2.24) is 20.3 Å². The lowest BCUT2D eigenvalue weighted by Gasteiger charge is -2.28. The monoisotopic (exact) mass is 315 g/mol. The van der Waals surface area contributed by atoms with Crippen LogP contribution in [0.1, 0.15) is 22.4 Å². The van der Waals surface area contributed by atoms with Gasteiger partial charge in [0, 0.05) is 25.2 Å². The van der Waals surface area contributed by atoms with Crippen molar-refractivity contribution in [3.63, 3.8) is 0 Å². The molecule has 1 aromatic heterocycles. The van der Waals surface area contributed by atoms with Gasteiger partial charge in [0.15, 0.2) is 5.69 Å². The molecule has 0 atom stereocenters. The average Bonchev–Trinajstić information content (AvgIpc) is 3.11. The Morgan fingerprint density at radius 2 is 1.96 bits per heavy atom. The fourth-order valence-corrected chi connectivity index (χ4v) is 3.27. The van der Waals surface area contributed by atoms with Crippen molar-refractivity contribution in [1.29, 1.82) is 5.26 Å². The summed E-state index contributed by atoms with van der Waals surface area (Å²) in [5.41, 5.74) is 5.98. The first-order chi connectivity index (χ1) is 11.8. The second-order valence-electron chi connectivity index (χ2n) is 6.06. The molecule has 3 aromatic rings. The molecule has 24 heavy (non-hydrogen) atoms. The Bertz CT molecular complexity index is 906. The van der Waals surface area contributed by atoms with Gasteiger partial charge in [0.2, 0.25) is 0 Å². The number of rotatable bonds is 3. The highest BCUT2D eigenvalue weighted by Gasteiger charge is 2.16. The first-order valence-corrected chi connectivity index (χ1v) is 8.03. The summed E-state index contributed by atoms with van der Waals surface area (Å²) in [4.78, 5) is 2.45. The maximum Gasteiger partial charge on any atom is 0.190 e. The third kappa shape index (κ3) is 2.80. The fraction of sp³-hybridized carbons (Fsp3) is 0.211. The molecule has 1 aliphatic heterocycles. The van der Waals surface area contributed by atoms with Crippen molar-refractivity contribution < 1.29 is 0 Å². The molecule has 5 heteroatoms. The highest BCUT2D eigenvalue weighted by Crippen LogP contribution is 2.23. The van der Waals surface area contributed by atoms with Crippen LogP contribution < -0.4 is 0 Å². The molecule has 1 aliphatic rings. The van der Waals surface area contributed by atoms with Crippen LogP contribution in [0.2, 0.25) is 0 Å². The second kappa shape index (κ2) is 6.26. The Balaban J connectivity index is 1.54. The third-order valence-electron chi connectivity index (χ3n) is 4.47. The minimum absolute atomic E-state index is 0.332. The molecule has 0 bridgehead atoms. The van der Waals surface area contributed by atoms with E-state index >= 15 is 0 Å². The zero-order valence-corrected chi connectivity index (χ0v) is 13.2. The van der Waals surface area contributed by atoms with Gasteiger partial charge in [-0.1, -0.05) is 42.5 Å². The van der Waals surface area contributed by atoms with E-state index in [0.717, 1.165) is 31.6 Å². The Morgan fingerprint density at radius 3 is 2.83 bits per heavy atom. The van der Waals surface area contributed by atoms with Crippen LogP contribution in [0.15, 0.2) is 48.5 Å². The molecule has 4 rings (SSSR count). The van der Waals surface area contributed by atoms with Crippen LogP contribution in [0.3, 0.4) is 0 Å². The number of hydrogen-bond donors (Lipinski definition) is 1. The maximum absolute atomic E-state index is 9.11. The summed E-state index contributed by atoms with van der Waals surface area (Å²) >= 11 is 0. The fourth-order valence-electron chi connectivity index (χ4n) is 3.27. The molecule has 0 amide bonds. The van der Waals surface area contributed by atoms with Gasteiger partial charge in [0.05, 0.1) is 0 Å². The van der Waals surface area contributed by atoms with Crippen LogP contribution in [0, 0.1) is 11.3 Å². The lowest BCUT2D eigenvalue weighted by Crippen LogP contribution is -2.29. The number of aromatic nitrogens is 3. The molecular formula is C19H17N5. The SMILES string of the molecule is N#Cc1n[nH]nc1-c1cccc(CN2CCc3ccccc3C2)c1. The zero-order valence-electron chi connectivity index (χ0n) is 13.2. The van der Waals surface area contributed by atoms with E-state index in [1.807, 2.05) is 12.1 Å². The third-order valence-corrected chi connectivity index (χ3v) is 4.47. The van der Waals surface area contributed by atoms with Gasteiger partial charge in [-0.2, -0.15) is 15.6 Å². The summed E-state index contributed by atoms with van der Waals surface area (Å²) in [6, 6.07) is 18.9. The molecule has 118 valence electrons. The van der Waals surface area contributed by atoms with Crippen molar-refractivity contribution in [2.75, 3.05) is 6.54 Å². The van der Waals surface area contributed by atoms with Crippen LogP contribution in [0.5, 0.6) is 0 Å². The summed E-state index contributed by atoms with van der Waals surface area (Å²) in [6.45, 7) is 2.93. The molecule has 2 aromatic carbocycles. The summed E-state index contributed by atoms with van der Waals surface area (Å²) in [5, 5.41) is 19.6. The van der Waals surface area contributed by atoms with Crippen molar-refractivity contribution in [3.8, 4) is 17.3 Å². The van der Waals surface area contributed by atoms with E-state index in [9.17, 15) is 0 Å². The molecule has 0 radical (unpaired) electrons. The minimum Gasteiger partial charge on any atom is -0.294 e. The molecule has 0 saturated carbocycles. The number of fused-ring (bicyclic) bond motifs is 1. The van der Waals surface area contributed by atoms with E-state index < -0.39 is 0 Å². The molecule has 5 nitrogen and oxygen atoms in total. The number of benzene rings is 2. The Morgan fingerprint density at radius 1 is 1.08 bits per heavy atom. The summed E-state index contributed by atoms with van der Waals surface area (Å²) in [5.74, 6) is 0. The van der Waals surface area contributed by atoms with Gasteiger partial charge in [-0.3, -0.25) is 4.90 Å². The van der Waals surface area contributed by atoms with E-state index in [4.69, 9.17) is 5.26 Å². The summed E-state index contributed by atoms with van der Waals surface area (Å²) in [6.07, 6.45) is 1.09. The normalized spacial score (nSPS) is 14.1. The van der Waals surface area contributed by atoms with Crippen LogP contribution in [-0.4, -0.2) is 26.9 Å². The van der Waals surface area contributed by atoms with Gasteiger partial charge in [-0.15, -0.1) is 5.10 Å². The first-order valence-electron chi connectivity index (χ1n) is 8.03. The quantitative estimate of drug-likeness (QED) is 0.807. The van der Waals surface area contributed by atoms with Crippen molar-refractivity contribution in [2.24, 2.45) is 0 Å². The van der Waals surface area contributed by atoms with Gasteiger partial charge in [0.1, 0.15) is 11.8 Å². The molecule has 1 N–H and O–H groups in total. The van der Waals surface area contributed by atoms with Crippen molar-refractivity contribution in [2.45, 2.75) is 19.5 Å². The molecule has 0 saturated heterocycles. The van der Waals surface area contributed by atoms with Crippen molar-refractivity contribution in [3.05, 3.63) is 70.9 Å². The Hall–Kier alpha value is -2.97. The van der Waals surface area contributed by atoms with E-state index in [1.165, 1.54) is 16.7 Å². The van der Waals surface area contributed by atoms with Crippen molar-refractivity contribution >= 4 is 0 Å². The first kappa shape index (κ1) is 14.6. The minimum atomic E-state index is 0.332. The average molecular weight is 315 g/mol. The number of H-pyrrole nitrogens is 1. The molecule has 2 heterocycles. The number of nitrogens with zero attached hydrogens (tertiary/aromatic N) is 4. The summed E-state index contributed by atoms with van der Waals surface area (Å²) < 4.78 is 0. The topological polar surface area (TPSA) is 68.6 Å². The molecule has 0 fully saturated rings. The number of aromatic amines is 1. The molecular weight excluding hydrogens is 298 g/mol. The van der Waals surface area contributed by atoms with Gasteiger partial charge < -0.3 is 0 Å². The Kier molecular flexibility index (Phi) is 3.81. The second-order valence-corrected chi connectivity index (χ2v) is 6.06. The molecule has 0 spiro atoms. The highest BCUT2D eigenvalue weighted by molar-refractivity contribution is 5.64. The predicted molar refractivity (Wildman–Crippen MR) is 90.8 cm³/mol. The maximum atomic E-state index is 9.11. The van der Waals surface area contributed by atoms with Crippen LogP contribution in [-0.2, 0) is 19.5 Å². The van der Waals surface area contributed by atoms with Gasteiger partial charge in [0.25, 0.3) is 0 Å². The van der Waals surface area contributed by atoms with E-state index in [0.29, 0.717) is 11.4 Å². The number of hydrogen-bond acceptors (Lipinski definition) is 4. The van der Waals surface area contributed by atoms with Gasteiger partial charge in [-0.25, -0.2) is 0 Å². The van der Waals surface area contributed by atoms with Crippen LogP contribution in [0.25, 0.3) is 11.3 Å². The molecule has 0 aliphatic carbocycles. The standard InChI is InChI=1S/C19H17N5/c20-11-18-19(22-23-21-18)16-7-3-4-14(10-16)12-24-9-8-15-5-1-2-6-17(15)13-24/h1-7,10H,8-9,12-13H2,(H,21,22,23). The molecule has 0 unspecified atom stereocenters. The smallest absolute Gasteiger partial charge is 0.190 e. The predicted octanol–water partition coefficient (Wildman–Crippen LogP) is 2.90. The zero-order chi connectivity index (χ0) is 16.4. The summed E-state index contributed by atoms with van der Waals surface area (Å²) in [7, 11) is 0. The van der Waals surface area contributed by atoms with Gasteiger partial charge in [-0.05, 0) is 29.2 Å². The number of nitrogens with one attached hydrogen (secondary N) is 1. The van der Waals surface area contributed by atoms with E-state index in [2.05, 4.69) is 62.8 Å². The van der Waals surface area contributed by atoms with E-state index in [-0.39, 0.29) is 0 Å². The van der Waals surface area contributed by atoms with Crippen LogP contribution in [0.4, 0.5) is 0 Å². The van der Waals surface area contributed by atoms with Gasteiger partial charge >= 0.3 is 0 Å². The van der Waals surface area contributed by atoms with Crippen LogP contribution >= 0.6 is 0 Å². The Labute approximate surface area is 140 Å². The largest absolute Gasteiger partial charge is 0.294 e. The lowest BCUT2D eigenvalue weighted by molar-refractivity contribution is 0.245. The lowest BCUT2D eigenvalue weighted by atomic mass is 9.99. The van der Waals surface area contributed by atoms with E-state index in [1.54, 1.807) is 0 Å².